The molecule has 3 N–H and O–H groups in total. The summed E-state index contributed by atoms with van der Waals surface area (Å²) in [6.45, 7) is -0.0259. The van der Waals surface area contributed by atoms with Crippen LogP contribution in [0.1, 0.15) is 26.5 Å². The van der Waals surface area contributed by atoms with E-state index in [1.165, 1.54) is 22.7 Å². The van der Waals surface area contributed by atoms with Crippen molar-refractivity contribution >= 4 is 45.6 Å². The maximum atomic E-state index is 12.3. The Balaban J connectivity index is 1.45. The molecule has 2 amide bonds. The summed E-state index contributed by atoms with van der Waals surface area (Å²) in [5.74, 6) is -0.669. The van der Waals surface area contributed by atoms with Crippen LogP contribution in [0.15, 0.2) is 47.2 Å². The zero-order chi connectivity index (χ0) is 21.3. The summed E-state index contributed by atoms with van der Waals surface area (Å²) >= 11 is 2.72. The normalized spacial score (nSPS) is 10.4. The lowest BCUT2D eigenvalue weighted by molar-refractivity contribution is -0.121. The first-order valence-corrected chi connectivity index (χ1v) is 10.7. The molecule has 0 unspecified atom stereocenters. The fourth-order valence-corrected chi connectivity index (χ4v) is 3.72. The highest BCUT2D eigenvalue weighted by molar-refractivity contribution is 7.14. The van der Waals surface area contributed by atoms with Crippen LogP contribution in [0.3, 0.4) is 0 Å². The number of hydrogen-bond acceptors (Lipinski definition) is 8. The monoisotopic (exact) mass is 445 g/mol. The smallest absolute Gasteiger partial charge is 0.407 e. The topological polar surface area (TPSA) is 118 Å². The van der Waals surface area contributed by atoms with Crippen molar-refractivity contribution in [2.75, 3.05) is 11.9 Å². The Morgan fingerprint density at radius 3 is 2.60 bits per heavy atom. The number of ether oxygens (including phenoxy) is 1. The second kappa shape index (κ2) is 10.6. The van der Waals surface area contributed by atoms with Gasteiger partial charge in [0.1, 0.15) is 13.2 Å². The molecule has 0 spiro atoms. The molecular formula is C20H19N3O5S2. The Kier molecular flexibility index (Phi) is 7.66. The van der Waals surface area contributed by atoms with Gasteiger partial charge in [0.15, 0.2) is 10.9 Å². The minimum absolute atomic E-state index is 0.0281. The number of aromatic nitrogens is 1. The number of hydrogen-bond donors (Lipinski definition) is 3. The van der Waals surface area contributed by atoms with E-state index in [1.807, 2.05) is 17.5 Å². The molecule has 0 fully saturated rings. The van der Waals surface area contributed by atoms with Crippen LogP contribution in [-0.4, -0.2) is 34.5 Å². The highest BCUT2D eigenvalue weighted by atomic mass is 32.1. The predicted molar refractivity (Wildman–Crippen MR) is 114 cm³/mol. The van der Waals surface area contributed by atoms with E-state index in [9.17, 15) is 14.4 Å². The van der Waals surface area contributed by atoms with Gasteiger partial charge in [0.2, 0.25) is 0 Å². The third kappa shape index (κ3) is 6.48. The predicted octanol–water partition coefficient (Wildman–Crippen LogP) is 2.99. The van der Waals surface area contributed by atoms with Crippen LogP contribution in [0, 0.1) is 0 Å². The van der Waals surface area contributed by atoms with Crippen LogP contribution in [-0.2, 0) is 29.1 Å². The molecule has 8 nitrogen and oxygen atoms in total. The number of anilines is 1. The second-order valence-corrected chi connectivity index (χ2v) is 8.07. The first-order chi connectivity index (χ1) is 14.5. The molecule has 2 aromatic heterocycles. The molecule has 0 atom stereocenters. The highest BCUT2D eigenvalue weighted by Gasteiger charge is 2.11. The zero-order valence-corrected chi connectivity index (χ0v) is 17.4. The minimum atomic E-state index is -0.535. The number of aliphatic hydroxyl groups excluding tert-OH is 1. The largest absolute Gasteiger partial charge is 0.444 e. The van der Waals surface area contributed by atoms with Crippen LogP contribution >= 0.6 is 22.7 Å². The number of amides is 2. The molecule has 0 radical (unpaired) electrons. The van der Waals surface area contributed by atoms with Gasteiger partial charge >= 0.3 is 6.09 Å². The van der Waals surface area contributed by atoms with Gasteiger partial charge in [0, 0.05) is 22.4 Å². The van der Waals surface area contributed by atoms with Gasteiger partial charge in [-0.25, -0.2) is 9.78 Å². The van der Waals surface area contributed by atoms with E-state index in [4.69, 9.17) is 9.84 Å². The van der Waals surface area contributed by atoms with Crippen molar-refractivity contribution in [3.05, 3.63) is 68.9 Å². The van der Waals surface area contributed by atoms with Gasteiger partial charge < -0.3 is 15.2 Å². The van der Waals surface area contributed by atoms with Crippen molar-refractivity contribution in [1.82, 2.24) is 10.3 Å². The van der Waals surface area contributed by atoms with Gasteiger partial charge in [0.25, 0.3) is 5.91 Å². The molecule has 0 saturated heterocycles. The average Bonchev–Trinajstić information content (AvgIpc) is 3.43. The maximum absolute atomic E-state index is 12.3. The quantitative estimate of drug-likeness (QED) is 0.466. The number of alkyl carbamates (subject to hydrolysis) is 1. The Labute approximate surface area is 180 Å². The lowest BCUT2D eigenvalue weighted by Crippen LogP contribution is -2.23. The van der Waals surface area contributed by atoms with Gasteiger partial charge in [-0.1, -0.05) is 18.2 Å². The number of carbonyl (C=O) groups excluding carboxylic acids is 3. The molecule has 3 rings (SSSR count). The van der Waals surface area contributed by atoms with Crippen LogP contribution in [0.2, 0.25) is 0 Å². The molecule has 3 aromatic rings. The lowest BCUT2D eigenvalue weighted by Gasteiger charge is -2.07. The molecule has 2 heterocycles. The summed E-state index contributed by atoms with van der Waals surface area (Å²) in [6, 6.07) is 10.6. The van der Waals surface area contributed by atoms with E-state index in [0.29, 0.717) is 16.4 Å². The number of aliphatic hydroxyl groups is 1. The zero-order valence-electron chi connectivity index (χ0n) is 15.8. The Hall–Kier alpha value is -3.08. The fourth-order valence-electron chi connectivity index (χ4n) is 2.40. The first kappa shape index (κ1) is 21.6. The number of rotatable bonds is 9. The first-order valence-electron chi connectivity index (χ1n) is 8.93. The van der Waals surface area contributed by atoms with Gasteiger partial charge in [-0.15, -0.1) is 22.7 Å². The molecule has 0 aliphatic heterocycles. The molecule has 0 bridgehead atoms. The molecule has 156 valence electrons. The van der Waals surface area contributed by atoms with E-state index in [-0.39, 0.29) is 31.3 Å². The summed E-state index contributed by atoms with van der Waals surface area (Å²) < 4.78 is 5.13. The maximum Gasteiger partial charge on any atom is 0.407 e. The number of Topliss-reactive ketones (excluding diaryl/α,β-unsaturated/α-hetero) is 1. The van der Waals surface area contributed by atoms with Gasteiger partial charge in [-0.3, -0.25) is 14.9 Å². The van der Waals surface area contributed by atoms with E-state index in [0.717, 1.165) is 10.4 Å². The van der Waals surface area contributed by atoms with Crippen molar-refractivity contribution in [1.29, 1.82) is 0 Å². The molecule has 30 heavy (non-hydrogen) atoms. The van der Waals surface area contributed by atoms with Gasteiger partial charge in [-0.2, -0.15) is 0 Å². The summed E-state index contributed by atoms with van der Waals surface area (Å²) in [5.41, 5.74) is 1.75. The standard InChI is InChI=1S/C20H19N3O5S2/c24-10-16(25)8-15-12-30-19(22-15)23-18(26)14-5-3-13(4-6-14)9-21-20(27)28-11-17-2-1-7-29-17/h1-7,12,24H,8-11H2,(H,21,27)(H,22,23,26). The van der Waals surface area contributed by atoms with Crippen molar-refractivity contribution in [3.63, 3.8) is 0 Å². The summed E-state index contributed by atoms with van der Waals surface area (Å²) in [7, 11) is 0. The van der Waals surface area contributed by atoms with Crippen molar-refractivity contribution in [2.24, 2.45) is 0 Å². The van der Waals surface area contributed by atoms with E-state index >= 15 is 0 Å². The molecule has 0 saturated carbocycles. The summed E-state index contributed by atoms with van der Waals surface area (Å²) in [4.78, 5) is 40.5. The van der Waals surface area contributed by atoms with E-state index in [2.05, 4.69) is 15.6 Å². The van der Waals surface area contributed by atoms with Crippen molar-refractivity contribution in [3.8, 4) is 0 Å². The van der Waals surface area contributed by atoms with Crippen LogP contribution < -0.4 is 10.6 Å². The summed E-state index contributed by atoms with van der Waals surface area (Å²) in [6.07, 6.45) is -0.482. The number of nitrogens with zero attached hydrogens (tertiary/aromatic N) is 1. The van der Waals surface area contributed by atoms with Crippen LogP contribution in [0.5, 0.6) is 0 Å². The minimum Gasteiger partial charge on any atom is -0.444 e. The van der Waals surface area contributed by atoms with Crippen molar-refractivity contribution < 1.29 is 24.2 Å². The SMILES string of the molecule is O=C(CO)Cc1csc(NC(=O)c2ccc(CNC(=O)OCc3cccs3)cc2)n1. The number of carbonyl (C=O) groups is 3. The van der Waals surface area contributed by atoms with Gasteiger partial charge in [0.05, 0.1) is 12.1 Å². The van der Waals surface area contributed by atoms with Crippen LogP contribution in [0.4, 0.5) is 9.93 Å². The Morgan fingerprint density at radius 1 is 1.10 bits per heavy atom. The highest BCUT2D eigenvalue weighted by Crippen LogP contribution is 2.17. The fraction of sp³-hybridized carbons (Fsp3) is 0.200. The lowest BCUT2D eigenvalue weighted by atomic mass is 10.1. The summed E-state index contributed by atoms with van der Waals surface area (Å²) in [5, 5.41) is 18.1. The molecule has 1 aromatic carbocycles. The third-order valence-corrected chi connectivity index (χ3v) is 5.56. The average molecular weight is 446 g/mol. The Bertz CT molecular complexity index is 1000. The van der Waals surface area contributed by atoms with E-state index in [1.54, 1.807) is 29.6 Å². The molecule has 10 heteroatoms. The van der Waals surface area contributed by atoms with E-state index < -0.39 is 12.7 Å². The number of ketones is 1. The molecule has 0 aliphatic rings. The third-order valence-electron chi connectivity index (χ3n) is 3.91. The molecule has 0 aliphatic carbocycles. The second-order valence-electron chi connectivity index (χ2n) is 6.18. The van der Waals surface area contributed by atoms with Crippen molar-refractivity contribution in [2.45, 2.75) is 19.6 Å². The molecular weight excluding hydrogens is 426 g/mol. The number of thiophene rings is 1. The van der Waals surface area contributed by atoms with Gasteiger partial charge in [-0.05, 0) is 29.1 Å². The Morgan fingerprint density at radius 2 is 1.90 bits per heavy atom. The number of thiazole rings is 1. The number of nitrogens with one attached hydrogen (secondary N) is 2. The van der Waals surface area contributed by atoms with Crippen LogP contribution in [0.25, 0.3) is 0 Å². The number of benzene rings is 1.